The number of carbonyl (C=O) groups is 1. The van der Waals surface area contributed by atoms with E-state index in [0.29, 0.717) is 17.5 Å². The van der Waals surface area contributed by atoms with Gasteiger partial charge in [-0.25, -0.2) is 4.79 Å². The number of rotatable bonds is 3. The maximum atomic E-state index is 11.7. The summed E-state index contributed by atoms with van der Waals surface area (Å²) >= 11 is 0. The second-order valence-electron chi connectivity index (χ2n) is 6.10. The van der Waals surface area contributed by atoms with Crippen molar-refractivity contribution >= 4 is 11.6 Å². The molecular weight excluding hydrogens is 280 g/mol. The minimum Gasteiger partial charge on any atom is -0.465 e. The van der Waals surface area contributed by atoms with Crippen molar-refractivity contribution in [2.24, 2.45) is 0 Å². The van der Waals surface area contributed by atoms with Crippen LogP contribution < -0.4 is 0 Å². The van der Waals surface area contributed by atoms with Crippen LogP contribution in [0.25, 0.3) is 5.65 Å². The van der Waals surface area contributed by atoms with Crippen LogP contribution in [-0.4, -0.2) is 51.7 Å². The molecule has 3 rings (SSSR count). The molecule has 2 aromatic heterocycles. The van der Waals surface area contributed by atoms with Crippen LogP contribution in [0.2, 0.25) is 0 Å². The molecule has 0 saturated carbocycles. The molecule has 0 radical (unpaired) electrons. The minimum atomic E-state index is -0.337. The first kappa shape index (κ1) is 15.0. The summed E-state index contributed by atoms with van der Waals surface area (Å²) in [4.78, 5) is 14.2. The number of hydrogen-bond acceptors (Lipinski definition) is 5. The van der Waals surface area contributed by atoms with Gasteiger partial charge < -0.3 is 9.64 Å². The number of esters is 1. The average Bonchev–Trinajstić information content (AvgIpc) is 2.97. The maximum Gasteiger partial charge on any atom is 0.339 e. The topological polar surface area (TPSA) is 59.7 Å². The molecule has 22 heavy (non-hydrogen) atoms. The van der Waals surface area contributed by atoms with E-state index >= 15 is 0 Å². The molecule has 118 valence electrons. The van der Waals surface area contributed by atoms with Crippen LogP contribution in [0.15, 0.2) is 18.3 Å². The summed E-state index contributed by atoms with van der Waals surface area (Å²) in [6.07, 6.45) is 3.92. The van der Waals surface area contributed by atoms with Crippen LogP contribution in [0.4, 0.5) is 0 Å². The molecule has 0 unspecified atom stereocenters. The number of carbonyl (C=O) groups excluding carboxylic acids is 1. The van der Waals surface area contributed by atoms with Gasteiger partial charge >= 0.3 is 5.97 Å². The predicted octanol–water partition coefficient (Wildman–Crippen LogP) is 2.10. The lowest BCUT2D eigenvalue weighted by molar-refractivity contribution is 0.0600. The van der Waals surface area contributed by atoms with Gasteiger partial charge in [-0.15, -0.1) is 10.2 Å². The molecule has 0 spiro atoms. The first-order valence-corrected chi connectivity index (χ1v) is 7.77. The van der Waals surface area contributed by atoms with E-state index in [-0.39, 0.29) is 5.97 Å². The second kappa shape index (κ2) is 6.04. The third-order valence-electron chi connectivity index (χ3n) is 4.47. The Balaban J connectivity index is 1.86. The lowest BCUT2D eigenvalue weighted by Crippen LogP contribution is -2.38. The van der Waals surface area contributed by atoms with Gasteiger partial charge in [0.05, 0.1) is 12.7 Å². The fourth-order valence-corrected chi connectivity index (χ4v) is 3.10. The summed E-state index contributed by atoms with van der Waals surface area (Å²) in [5.41, 5.74) is 1.30. The third kappa shape index (κ3) is 2.70. The Labute approximate surface area is 130 Å². The fourth-order valence-electron chi connectivity index (χ4n) is 3.10. The zero-order valence-corrected chi connectivity index (χ0v) is 13.3. The van der Waals surface area contributed by atoms with Crippen LogP contribution >= 0.6 is 0 Å². The number of fused-ring (bicyclic) bond motifs is 1. The summed E-state index contributed by atoms with van der Waals surface area (Å²) in [5, 5.41) is 8.58. The van der Waals surface area contributed by atoms with E-state index in [1.165, 1.54) is 7.11 Å². The largest absolute Gasteiger partial charge is 0.465 e. The van der Waals surface area contributed by atoms with E-state index in [1.54, 1.807) is 12.3 Å². The molecule has 0 aliphatic carbocycles. The van der Waals surface area contributed by atoms with Crippen LogP contribution in [0.1, 0.15) is 48.8 Å². The second-order valence-corrected chi connectivity index (χ2v) is 6.10. The van der Waals surface area contributed by atoms with Crippen molar-refractivity contribution in [1.29, 1.82) is 0 Å². The highest BCUT2D eigenvalue weighted by atomic mass is 16.5. The number of aromatic nitrogens is 3. The van der Waals surface area contributed by atoms with Gasteiger partial charge in [0.2, 0.25) is 0 Å². The van der Waals surface area contributed by atoms with E-state index in [1.807, 2.05) is 10.5 Å². The van der Waals surface area contributed by atoms with E-state index in [0.717, 1.165) is 37.4 Å². The predicted molar refractivity (Wildman–Crippen MR) is 83.0 cm³/mol. The molecule has 1 fully saturated rings. The minimum absolute atomic E-state index is 0.337. The molecular formula is C16H22N4O2. The molecule has 3 heterocycles. The Bertz CT molecular complexity index is 672. The first-order valence-electron chi connectivity index (χ1n) is 7.77. The first-order chi connectivity index (χ1) is 10.6. The van der Waals surface area contributed by atoms with E-state index in [4.69, 9.17) is 4.74 Å². The van der Waals surface area contributed by atoms with Crippen molar-refractivity contribution in [2.45, 2.75) is 38.6 Å². The van der Waals surface area contributed by atoms with Gasteiger partial charge in [0.15, 0.2) is 5.65 Å². The van der Waals surface area contributed by atoms with Gasteiger partial charge in [-0.3, -0.25) is 4.40 Å². The number of piperidine rings is 1. The summed E-state index contributed by atoms with van der Waals surface area (Å²) in [6, 6.07) is 4.12. The van der Waals surface area contributed by atoms with Crippen LogP contribution in [0, 0.1) is 0 Å². The molecule has 1 saturated heterocycles. The van der Waals surface area contributed by atoms with Crippen molar-refractivity contribution in [3.8, 4) is 0 Å². The average molecular weight is 302 g/mol. The number of methoxy groups -OCH3 is 1. The zero-order chi connectivity index (χ0) is 15.7. The van der Waals surface area contributed by atoms with Crippen LogP contribution in [0.3, 0.4) is 0 Å². The molecule has 0 aromatic carbocycles. The van der Waals surface area contributed by atoms with E-state index in [2.05, 4.69) is 28.9 Å². The summed E-state index contributed by atoms with van der Waals surface area (Å²) in [5.74, 6) is 0.998. The summed E-state index contributed by atoms with van der Waals surface area (Å²) in [6.45, 7) is 6.62. The molecule has 0 N–H and O–H groups in total. The Kier molecular flexibility index (Phi) is 4.11. The Morgan fingerprint density at radius 2 is 2.00 bits per heavy atom. The molecule has 0 amide bonds. The van der Waals surface area contributed by atoms with Crippen molar-refractivity contribution in [3.63, 3.8) is 0 Å². The SMILES string of the molecule is COC(=O)c1ccc2nnc(C3CCN(C(C)C)CC3)n2c1. The quantitative estimate of drug-likeness (QED) is 0.813. The molecule has 0 atom stereocenters. The number of likely N-dealkylation sites (tertiary alicyclic amines) is 1. The van der Waals surface area contributed by atoms with Crippen molar-refractivity contribution in [1.82, 2.24) is 19.5 Å². The number of nitrogens with zero attached hydrogens (tertiary/aromatic N) is 4. The van der Waals surface area contributed by atoms with E-state index in [9.17, 15) is 4.79 Å². The Morgan fingerprint density at radius 3 is 2.64 bits per heavy atom. The molecule has 2 aromatic rings. The normalized spacial score (nSPS) is 17.3. The van der Waals surface area contributed by atoms with Gasteiger partial charge in [-0.05, 0) is 51.9 Å². The summed E-state index contributed by atoms with van der Waals surface area (Å²) in [7, 11) is 1.39. The van der Waals surface area contributed by atoms with Gasteiger partial charge in [-0.1, -0.05) is 0 Å². The summed E-state index contributed by atoms with van der Waals surface area (Å²) < 4.78 is 6.72. The fraction of sp³-hybridized carbons (Fsp3) is 0.562. The Hall–Kier alpha value is -1.95. The lowest BCUT2D eigenvalue weighted by atomic mass is 9.95. The molecule has 6 nitrogen and oxygen atoms in total. The standard InChI is InChI=1S/C16H22N4O2/c1-11(2)19-8-6-12(7-9-19)15-18-17-14-5-4-13(10-20(14)15)16(21)22-3/h4-5,10-12H,6-9H2,1-3H3. The van der Waals surface area contributed by atoms with Crippen LogP contribution in [0.5, 0.6) is 0 Å². The Morgan fingerprint density at radius 1 is 1.27 bits per heavy atom. The molecule has 0 bridgehead atoms. The van der Waals surface area contributed by atoms with E-state index < -0.39 is 0 Å². The number of hydrogen-bond donors (Lipinski definition) is 0. The van der Waals surface area contributed by atoms with Crippen LogP contribution in [-0.2, 0) is 4.74 Å². The lowest BCUT2D eigenvalue weighted by Gasteiger charge is -2.33. The third-order valence-corrected chi connectivity index (χ3v) is 4.47. The zero-order valence-electron chi connectivity index (χ0n) is 13.3. The number of pyridine rings is 1. The van der Waals surface area contributed by atoms with Crippen molar-refractivity contribution in [3.05, 3.63) is 29.7 Å². The van der Waals surface area contributed by atoms with Crippen molar-refractivity contribution < 1.29 is 9.53 Å². The van der Waals surface area contributed by atoms with Gasteiger partial charge in [0.25, 0.3) is 0 Å². The molecule has 1 aliphatic heterocycles. The molecule has 6 heteroatoms. The highest BCUT2D eigenvalue weighted by molar-refractivity contribution is 5.89. The van der Waals surface area contributed by atoms with Gasteiger partial charge in [-0.2, -0.15) is 0 Å². The number of ether oxygens (including phenoxy) is 1. The molecule has 1 aliphatic rings. The highest BCUT2D eigenvalue weighted by Gasteiger charge is 2.25. The smallest absolute Gasteiger partial charge is 0.339 e. The highest BCUT2D eigenvalue weighted by Crippen LogP contribution is 2.28. The maximum absolute atomic E-state index is 11.7. The van der Waals surface area contributed by atoms with Crippen molar-refractivity contribution in [2.75, 3.05) is 20.2 Å². The van der Waals surface area contributed by atoms with Gasteiger partial charge in [0, 0.05) is 18.2 Å². The monoisotopic (exact) mass is 302 g/mol. The van der Waals surface area contributed by atoms with Gasteiger partial charge in [0.1, 0.15) is 5.82 Å².